The number of amides is 1. The summed E-state index contributed by atoms with van der Waals surface area (Å²) < 4.78 is 0. The number of rotatable bonds is 3. The monoisotopic (exact) mass is 385 g/mol. The molecule has 0 spiro atoms. The molecule has 1 aromatic heterocycles. The van der Waals surface area contributed by atoms with E-state index in [1.807, 2.05) is 29.3 Å². The van der Waals surface area contributed by atoms with E-state index in [0.29, 0.717) is 5.92 Å². The van der Waals surface area contributed by atoms with Gasteiger partial charge in [0.2, 0.25) is 0 Å². The summed E-state index contributed by atoms with van der Waals surface area (Å²) in [5.74, 6) is 0.797. The van der Waals surface area contributed by atoms with Gasteiger partial charge in [-0.1, -0.05) is 37.5 Å². The summed E-state index contributed by atoms with van der Waals surface area (Å²) in [5, 5.41) is 3.40. The first-order valence-electron chi connectivity index (χ1n) is 9.84. The lowest BCUT2D eigenvalue weighted by molar-refractivity contribution is 0.0634. The zero-order valence-electron chi connectivity index (χ0n) is 15.6. The molecule has 4 rings (SSSR count). The molecule has 1 unspecified atom stereocenters. The highest BCUT2D eigenvalue weighted by Crippen LogP contribution is 2.33. The maximum absolute atomic E-state index is 13.1. The maximum atomic E-state index is 13.1. The van der Waals surface area contributed by atoms with Crippen molar-refractivity contribution in [2.45, 2.75) is 44.1 Å². The first-order valence-corrected chi connectivity index (χ1v) is 9.84. The number of aromatic nitrogens is 1. The topological polar surface area (TPSA) is 45.2 Å². The summed E-state index contributed by atoms with van der Waals surface area (Å²) in [7, 11) is 0. The van der Waals surface area contributed by atoms with Crippen LogP contribution >= 0.6 is 12.4 Å². The highest BCUT2D eigenvalue weighted by atomic mass is 35.5. The van der Waals surface area contributed by atoms with Crippen LogP contribution in [0.1, 0.15) is 65.5 Å². The fourth-order valence-electron chi connectivity index (χ4n) is 4.32. The third-order valence-electron chi connectivity index (χ3n) is 5.81. The predicted molar refractivity (Wildman–Crippen MR) is 110 cm³/mol. The normalized spacial score (nSPS) is 20.7. The van der Waals surface area contributed by atoms with Crippen LogP contribution in [0.4, 0.5) is 0 Å². The first-order chi connectivity index (χ1) is 12.8. The Morgan fingerprint density at radius 3 is 2.52 bits per heavy atom. The number of carbonyl (C=O) groups is 1. The Balaban J connectivity index is 0.00000210. The van der Waals surface area contributed by atoms with E-state index in [2.05, 4.69) is 28.5 Å². The Hall–Kier alpha value is -1.91. The Morgan fingerprint density at radius 1 is 1.04 bits per heavy atom. The van der Waals surface area contributed by atoms with E-state index in [-0.39, 0.29) is 24.4 Å². The van der Waals surface area contributed by atoms with Gasteiger partial charge < -0.3 is 10.2 Å². The minimum atomic E-state index is 0. The van der Waals surface area contributed by atoms with Crippen molar-refractivity contribution in [3.63, 3.8) is 0 Å². The lowest BCUT2D eigenvalue weighted by Gasteiger charge is -2.36. The van der Waals surface area contributed by atoms with E-state index in [9.17, 15) is 4.79 Å². The molecule has 1 aromatic carbocycles. The standard InChI is InChI=1S/C22H27N3O.ClH/c26-22(19-10-8-18(9-11-19)17-5-2-1-3-6-17)25-14-13-24-16-21(25)20-7-4-12-23-15-20;/h4,7-12,15,17,21,24H,1-3,5-6,13-14,16H2;1H. The molecule has 144 valence electrons. The molecular weight excluding hydrogens is 358 g/mol. The van der Waals surface area contributed by atoms with Crippen LogP contribution in [0.5, 0.6) is 0 Å². The summed E-state index contributed by atoms with van der Waals surface area (Å²) in [6.07, 6.45) is 10.2. The zero-order chi connectivity index (χ0) is 17.8. The lowest BCUT2D eigenvalue weighted by Crippen LogP contribution is -2.48. The number of benzene rings is 1. The van der Waals surface area contributed by atoms with Gasteiger partial charge in [-0.05, 0) is 48.1 Å². The number of carbonyl (C=O) groups excluding carboxylic acids is 1. The summed E-state index contributed by atoms with van der Waals surface area (Å²) in [6, 6.07) is 12.4. The van der Waals surface area contributed by atoms with E-state index in [1.54, 1.807) is 6.20 Å². The zero-order valence-corrected chi connectivity index (χ0v) is 16.5. The number of nitrogens with zero attached hydrogens (tertiary/aromatic N) is 2. The van der Waals surface area contributed by atoms with Gasteiger partial charge in [0.25, 0.3) is 5.91 Å². The van der Waals surface area contributed by atoms with Crippen molar-refractivity contribution in [2.75, 3.05) is 19.6 Å². The second-order valence-electron chi connectivity index (χ2n) is 7.46. The van der Waals surface area contributed by atoms with Crippen molar-refractivity contribution in [3.05, 3.63) is 65.5 Å². The van der Waals surface area contributed by atoms with Crippen LogP contribution in [0.2, 0.25) is 0 Å². The molecule has 1 amide bonds. The Labute approximate surface area is 167 Å². The van der Waals surface area contributed by atoms with Crippen molar-refractivity contribution < 1.29 is 4.79 Å². The number of piperazine rings is 1. The summed E-state index contributed by atoms with van der Waals surface area (Å²) in [6.45, 7) is 2.34. The number of hydrogen-bond donors (Lipinski definition) is 1. The third kappa shape index (κ3) is 4.50. The van der Waals surface area contributed by atoms with Gasteiger partial charge in [-0.3, -0.25) is 9.78 Å². The second-order valence-corrected chi connectivity index (χ2v) is 7.46. The first kappa shape index (κ1) is 19.8. The average molecular weight is 386 g/mol. The summed E-state index contributed by atoms with van der Waals surface area (Å²) in [5.41, 5.74) is 3.28. The van der Waals surface area contributed by atoms with Gasteiger partial charge in [0.05, 0.1) is 6.04 Å². The molecule has 4 nitrogen and oxygen atoms in total. The van der Waals surface area contributed by atoms with Gasteiger partial charge >= 0.3 is 0 Å². The number of hydrogen-bond acceptors (Lipinski definition) is 3. The van der Waals surface area contributed by atoms with Gasteiger partial charge in [-0.15, -0.1) is 12.4 Å². The molecular formula is C22H28ClN3O. The number of pyridine rings is 1. The highest BCUT2D eigenvalue weighted by Gasteiger charge is 2.28. The minimum Gasteiger partial charge on any atom is -0.329 e. The van der Waals surface area contributed by atoms with Gasteiger partial charge in [-0.2, -0.15) is 0 Å². The molecule has 0 radical (unpaired) electrons. The second kappa shape index (κ2) is 9.34. The Bertz CT molecular complexity index is 729. The molecule has 27 heavy (non-hydrogen) atoms. The largest absolute Gasteiger partial charge is 0.329 e. The van der Waals surface area contributed by atoms with Crippen molar-refractivity contribution >= 4 is 18.3 Å². The molecule has 0 bridgehead atoms. The number of nitrogens with one attached hydrogen (secondary N) is 1. The van der Waals surface area contributed by atoms with Crippen molar-refractivity contribution in [2.24, 2.45) is 0 Å². The molecule has 2 fully saturated rings. The molecule has 2 heterocycles. The molecule has 1 N–H and O–H groups in total. The van der Waals surface area contributed by atoms with Crippen LogP contribution < -0.4 is 5.32 Å². The molecule has 1 saturated heterocycles. The summed E-state index contributed by atoms with van der Waals surface area (Å²) in [4.78, 5) is 19.4. The Morgan fingerprint density at radius 2 is 1.81 bits per heavy atom. The van der Waals surface area contributed by atoms with Gasteiger partial charge in [0.1, 0.15) is 0 Å². The lowest BCUT2D eigenvalue weighted by atomic mass is 9.84. The van der Waals surface area contributed by atoms with E-state index in [1.165, 1.54) is 37.7 Å². The smallest absolute Gasteiger partial charge is 0.254 e. The molecule has 1 aliphatic heterocycles. The molecule has 1 atom stereocenters. The van der Waals surface area contributed by atoms with Gasteiger partial charge in [0.15, 0.2) is 0 Å². The Kier molecular flexibility index (Phi) is 6.86. The molecule has 1 aliphatic carbocycles. The third-order valence-corrected chi connectivity index (χ3v) is 5.81. The van der Waals surface area contributed by atoms with Crippen LogP contribution in [0.15, 0.2) is 48.8 Å². The van der Waals surface area contributed by atoms with Crippen LogP contribution in [-0.4, -0.2) is 35.4 Å². The molecule has 2 aromatic rings. The van der Waals surface area contributed by atoms with E-state index in [4.69, 9.17) is 0 Å². The van der Waals surface area contributed by atoms with Crippen molar-refractivity contribution in [1.29, 1.82) is 0 Å². The molecule has 5 heteroatoms. The van der Waals surface area contributed by atoms with Crippen LogP contribution in [0, 0.1) is 0 Å². The summed E-state index contributed by atoms with van der Waals surface area (Å²) >= 11 is 0. The van der Waals surface area contributed by atoms with Crippen LogP contribution in [0.3, 0.4) is 0 Å². The average Bonchev–Trinajstić information content (AvgIpc) is 2.75. The van der Waals surface area contributed by atoms with E-state index in [0.717, 1.165) is 30.8 Å². The van der Waals surface area contributed by atoms with Gasteiger partial charge in [0, 0.05) is 37.6 Å². The van der Waals surface area contributed by atoms with E-state index < -0.39 is 0 Å². The van der Waals surface area contributed by atoms with Crippen molar-refractivity contribution in [3.8, 4) is 0 Å². The molecule has 2 aliphatic rings. The maximum Gasteiger partial charge on any atom is 0.254 e. The highest BCUT2D eigenvalue weighted by molar-refractivity contribution is 5.94. The fraction of sp³-hybridized carbons (Fsp3) is 0.455. The predicted octanol–water partition coefficient (Wildman–Crippen LogP) is 4.34. The van der Waals surface area contributed by atoms with Crippen LogP contribution in [0.25, 0.3) is 0 Å². The van der Waals surface area contributed by atoms with Gasteiger partial charge in [-0.25, -0.2) is 0 Å². The fourth-order valence-corrected chi connectivity index (χ4v) is 4.32. The van der Waals surface area contributed by atoms with E-state index >= 15 is 0 Å². The minimum absolute atomic E-state index is 0. The number of halogens is 1. The molecule has 1 saturated carbocycles. The van der Waals surface area contributed by atoms with Crippen LogP contribution in [-0.2, 0) is 0 Å². The SMILES string of the molecule is Cl.O=C(c1ccc(C2CCCCC2)cc1)N1CCNCC1c1cccnc1. The quantitative estimate of drug-likeness (QED) is 0.854. The van der Waals surface area contributed by atoms with Crippen molar-refractivity contribution in [1.82, 2.24) is 15.2 Å².